The molecule has 0 radical (unpaired) electrons. The van der Waals surface area contributed by atoms with Crippen molar-refractivity contribution in [2.24, 2.45) is 0 Å². The van der Waals surface area contributed by atoms with Gasteiger partial charge in [0.05, 0.1) is 32.4 Å². The van der Waals surface area contributed by atoms with Crippen molar-refractivity contribution in [1.82, 2.24) is 14.5 Å². The molecule has 0 bridgehead atoms. The van der Waals surface area contributed by atoms with Gasteiger partial charge in [-0.05, 0) is 37.1 Å². The largest absolute Gasteiger partial charge is 0.465 e. The standard InChI is InChI=1S/C21H23ClN4O3/c1-13-15(5-4-6-17(13)22)12-26-14(2)23-19-16(21(27)28-3)11-18(24-20(19)26)25-7-9-29-10-8-25/h4-6,11H,7-10,12H2,1-3H3. The van der Waals surface area contributed by atoms with Gasteiger partial charge in [0.2, 0.25) is 0 Å². The van der Waals surface area contributed by atoms with Crippen LogP contribution in [-0.2, 0) is 16.0 Å². The molecule has 8 heteroatoms. The van der Waals surface area contributed by atoms with E-state index in [9.17, 15) is 4.79 Å². The van der Waals surface area contributed by atoms with E-state index in [2.05, 4.69) is 9.88 Å². The normalized spacial score (nSPS) is 14.4. The summed E-state index contributed by atoms with van der Waals surface area (Å²) in [5.74, 6) is 1.08. The van der Waals surface area contributed by atoms with Gasteiger partial charge < -0.3 is 18.9 Å². The second-order valence-corrected chi connectivity index (χ2v) is 7.47. The first-order valence-electron chi connectivity index (χ1n) is 9.52. The fourth-order valence-corrected chi connectivity index (χ4v) is 3.78. The van der Waals surface area contributed by atoms with E-state index in [4.69, 9.17) is 26.1 Å². The van der Waals surface area contributed by atoms with Gasteiger partial charge in [0, 0.05) is 18.1 Å². The van der Waals surface area contributed by atoms with E-state index in [0.717, 1.165) is 40.9 Å². The summed E-state index contributed by atoms with van der Waals surface area (Å²) >= 11 is 6.30. The molecule has 4 rings (SSSR count). The number of fused-ring (bicyclic) bond motifs is 1. The second-order valence-electron chi connectivity index (χ2n) is 7.06. The Labute approximate surface area is 174 Å². The molecule has 3 aromatic rings. The lowest BCUT2D eigenvalue weighted by atomic mass is 10.1. The molecule has 7 nitrogen and oxygen atoms in total. The molecular formula is C21H23ClN4O3. The molecule has 2 aromatic heterocycles. The zero-order valence-electron chi connectivity index (χ0n) is 16.7. The molecular weight excluding hydrogens is 392 g/mol. The molecule has 1 aliphatic heterocycles. The highest BCUT2D eigenvalue weighted by Gasteiger charge is 2.23. The number of anilines is 1. The van der Waals surface area contributed by atoms with Gasteiger partial charge >= 0.3 is 5.97 Å². The zero-order chi connectivity index (χ0) is 20.5. The summed E-state index contributed by atoms with van der Waals surface area (Å²) in [6.45, 7) is 7.18. The Balaban J connectivity index is 1.87. The van der Waals surface area contributed by atoms with Crippen LogP contribution in [-0.4, -0.2) is 53.9 Å². The molecule has 0 atom stereocenters. The second kappa shape index (κ2) is 8.00. The van der Waals surface area contributed by atoms with Crippen LogP contribution in [0.4, 0.5) is 5.82 Å². The van der Waals surface area contributed by atoms with Gasteiger partial charge in [0.25, 0.3) is 0 Å². The quantitative estimate of drug-likeness (QED) is 0.609. The maximum absolute atomic E-state index is 12.5. The van der Waals surface area contributed by atoms with E-state index in [1.54, 1.807) is 6.07 Å². The fourth-order valence-electron chi connectivity index (χ4n) is 3.59. The van der Waals surface area contributed by atoms with Crippen molar-refractivity contribution in [2.45, 2.75) is 20.4 Å². The molecule has 0 spiro atoms. The monoisotopic (exact) mass is 414 g/mol. The number of nitrogens with zero attached hydrogens (tertiary/aromatic N) is 4. The Hall–Kier alpha value is -2.64. The number of methoxy groups -OCH3 is 1. The SMILES string of the molecule is COC(=O)c1cc(N2CCOCC2)nc2c1nc(C)n2Cc1cccc(Cl)c1C. The first-order valence-corrected chi connectivity index (χ1v) is 9.90. The molecule has 0 unspecified atom stereocenters. The molecule has 0 aliphatic carbocycles. The molecule has 3 heterocycles. The Morgan fingerprint density at radius 1 is 1.24 bits per heavy atom. The molecule has 0 N–H and O–H groups in total. The highest BCUT2D eigenvalue weighted by atomic mass is 35.5. The maximum atomic E-state index is 12.5. The molecule has 1 aliphatic rings. The van der Waals surface area contributed by atoms with E-state index in [-0.39, 0.29) is 0 Å². The minimum absolute atomic E-state index is 0.420. The van der Waals surface area contributed by atoms with Crippen LogP contribution in [0.5, 0.6) is 0 Å². The molecule has 0 saturated carbocycles. The number of ether oxygens (including phenoxy) is 2. The Kier molecular flexibility index (Phi) is 5.43. The molecule has 1 fully saturated rings. The van der Waals surface area contributed by atoms with Crippen LogP contribution in [0.15, 0.2) is 24.3 Å². The number of esters is 1. The van der Waals surface area contributed by atoms with Crippen molar-refractivity contribution < 1.29 is 14.3 Å². The lowest BCUT2D eigenvalue weighted by Crippen LogP contribution is -2.37. The van der Waals surface area contributed by atoms with Crippen molar-refractivity contribution in [3.63, 3.8) is 0 Å². The van der Waals surface area contributed by atoms with E-state index in [1.807, 2.05) is 36.6 Å². The minimum atomic E-state index is -0.421. The van der Waals surface area contributed by atoms with Crippen LogP contribution in [0.3, 0.4) is 0 Å². The third-order valence-electron chi connectivity index (χ3n) is 5.33. The molecule has 1 saturated heterocycles. The minimum Gasteiger partial charge on any atom is -0.465 e. The summed E-state index contributed by atoms with van der Waals surface area (Å²) in [6, 6.07) is 7.62. The summed E-state index contributed by atoms with van der Waals surface area (Å²) in [5.41, 5.74) is 3.73. The van der Waals surface area contributed by atoms with Crippen LogP contribution < -0.4 is 4.90 Å². The summed E-state index contributed by atoms with van der Waals surface area (Å²) in [7, 11) is 1.38. The highest BCUT2D eigenvalue weighted by molar-refractivity contribution is 6.31. The first kappa shape index (κ1) is 19.7. The zero-order valence-corrected chi connectivity index (χ0v) is 17.5. The van der Waals surface area contributed by atoms with Crippen LogP contribution in [0.25, 0.3) is 11.2 Å². The van der Waals surface area contributed by atoms with Gasteiger partial charge in [-0.2, -0.15) is 0 Å². The fraction of sp³-hybridized carbons (Fsp3) is 0.381. The number of aryl methyl sites for hydroxylation is 1. The van der Waals surface area contributed by atoms with Crippen molar-refractivity contribution in [2.75, 3.05) is 38.3 Å². The van der Waals surface area contributed by atoms with E-state index >= 15 is 0 Å². The van der Waals surface area contributed by atoms with Crippen molar-refractivity contribution in [1.29, 1.82) is 0 Å². The van der Waals surface area contributed by atoms with Gasteiger partial charge in [-0.15, -0.1) is 0 Å². The number of carbonyl (C=O) groups excluding carboxylic acids is 1. The third kappa shape index (κ3) is 3.68. The van der Waals surface area contributed by atoms with Gasteiger partial charge in [0.15, 0.2) is 5.65 Å². The van der Waals surface area contributed by atoms with Crippen molar-refractivity contribution in [3.05, 3.63) is 51.8 Å². The summed E-state index contributed by atoms with van der Waals surface area (Å²) in [5, 5.41) is 0.724. The summed E-state index contributed by atoms with van der Waals surface area (Å²) < 4.78 is 12.5. The average Bonchev–Trinajstić information content (AvgIpc) is 3.06. The van der Waals surface area contributed by atoms with E-state index < -0.39 is 5.97 Å². The topological polar surface area (TPSA) is 69.5 Å². The van der Waals surface area contributed by atoms with Crippen LogP contribution in [0.1, 0.15) is 27.3 Å². The number of aromatic nitrogens is 3. The van der Waals surface area contributed by atoms with Crippen molar-refractivity contribution in [3.8, 4) is 0 Å². The number of hydrogen-bond acceptors (Lipinski definition) is 6. The number of rotatable bonds is 4. The molecule has 0 amide bonds. The predicted molar refractivity (Wildman–Crippen MR) is 112 cm³/mol. The number of benzene rings is 1. The number of pyridine rings is 1. The number of imidazole rings is 1. The average molecular weight is 415 g/mol. The maximum Gasteiger partial charge on any atom is 0.340 e. The van der Waals surface area contributed by atoms with E-state index in [1.165, 1.54) is 7.11 Å². The van der Waals surface area contributed by atoms with Crippen LogP contribution in [0, 0.1) is 13.8 Å². The lowest BCUT2D eigenvalue weighted by molar-refractivity contribution is 0.0602. The van der Waals surface area contributed by atoms with Gasteiger partial charge in [-0.25, -0.2) is 14.8 Å². The molecule has 1 aromatic carbocycles. The number of hydrogen-bond donors (Lipinski definition) is 0. The molecule has 152 valence electrons. The van der Waals surface area contributed by atoms with Gasteiger partial charge in [-0.1, -0.05) is 23.7 Å². The Bertz CT molecular complexity index is 1070. The summed E-state index contributed by atoms with van der Waals surface area (Å²) in [4.78, 5) is 24.1. The number of halogens is 1. The van der Waals surface area contributed by atoms with Gasteiger partial charge in [0.1, 0.15) is 17.2 Å². The summed E-state index contributed by atoms with van der Waals surface area (Å²) in [6.07, 6.45) is 0. The third-order valence-corrected chi connectivity index (χ3v) is 5.74. The lowest BCUT2D eigenvalue weighted by Gasteiger charge is -2.28. The number of morpholine rings is 1. The Morgan fingerprint density at radius 3 is 2.72 bits per heavy atom. The van der Waals surface area contributed by atoms with Gasteiger partial charge in [-0.3, -0.25) is 0 Å². The number of carbonyl (C=O) groups is 1. The van der Waals surface area contributed by atoms with E-state index in [0.29, 0.717) is 36.5 Å². The smallest absolute Gasteiger partial charge is 0.340 e. The Morgan fingerprint density at radius 2 is 2.00 bits per heavy atom. The predicted octanol–water partition coefficient (Wildman–Crippen LogP) is 3.37. The van der Waals surface area contributed by atoms with Crippen LogP contribution in [0.2, 0.25) is 5.02 Å². The van der Waals surface area contributed by atoms with Crippen LogP contribution >= 0.6 is 11.6 Å². The highest BCUT2D eigenvalue weighted by Crippen LogP contribution is 2.27. The van der Waals surface area contributed by atoms with Crippen molar-refractivity contribution >= 4 is 34.6 Å². The first-order chi connectivity index (χ1) is 14.0. The molecule has 29 heavy (non-hydrogen) atoms.